The predicted molar refractivity (Wildman–Crippen MR) is 70.2 cm³/mol. The molecule has 1 heterocycles. The van der Waals surface area contributed by atoms with E-state index in [0.717, 1.165) is 12.8 Å². The second kappa shape index (κ2) is 5.72. The average molecular weight is 255 g/mol. The third kappa shape index (κ3) is 4.00. The molecule has 0 spiro atoms. The molecule has 1 atom stereocenters. The lowest BCUT2D eigenvalue weighted by molar-refractivity contribution is -0.140. The smallest absolute Gasteiger partial charge is 0.303 e. The molecule has 104 valence electrons. The van der Waals surface area contributed by atoms with Gasteiger partial charge < -0.3 is 10.0 Å². The van der Waals surface area contributed by atoms with Gasteiger partial charge in [-0.3, -0.25) is 9.59 Å². The van der Waals surface area contributed by atoms with Gasteiger partial charge in [-0.1, -0.05) is 27.7 Å². The third-order valence-corrected chi connectivity index (χ3v) is 4.06. The van der Waals surface area contributed by atoms with Crippen LogP contribution in [0.4, 0.5) is 0 Å². The Kier molecular flexibility index (Phi) is 4.77. The standard InChI is InChI=1S/C14H25NO3/c1-10(14(2,3)4)13(18)15-7-5-11(6-8-15)9-12(16)17/h10-11H,5-9H2,1-4H3,(H,16,17). The number of hydrogen-bond acceptors (Lipinski definition) is 2. The normalized spacial score (nSPS) is 19.7. The molecule has 1 aliphatic rings. The lowest BCUT2D eigenvalue weighted by Crippen LogP contribution is -2.44. The molecule has 1 N–H and O–H groups in total. The van der Waals surface area contributed by atoms with Gasteiger partial charge in [-0.2, -0.15) is 0 Å². The van der Waals surface area contributed by atoms with Gasteiger partial charge in [-0.25, -0.2) is 0 Å². The van der Waals surface area contributed by atoms with Gasteiger partial charge in [0.25, 0.3) is 0 Å². The highest BCUT2D eigenvalue weighted by Gasteiger charge is 2.32. The van der Waals surface area contributed by atoms with Crippen LogP contribution in [0.5, 0.6) is 0 Å². The van der Waals surface area contributed by atoms with Gasteiger partial charge in [-0.15, -0.1) is 0 Å². The number of carbonyl (C=O) groups is 2. The Hall–Kier alpha value is -1.06. The molecule has 1 rings (SSSR count). The van der Waals surface area contributed by atoms with Gasteiger partial charge in [-0.05, 0) is 24.2 Å². The second-order valence-electron chi connectivity index (χ2n) is 6.45. The fraction of sp³-hybridized carbons (Fsp3) is 0.857. The highest BCUT2D eigenvalue weighted by Crippen LogP contribution is 2.29. The van der Waals surface area contributed by atoms with E-state index in [4.69, 9.17) is 5.11 Å². The number of rotatable bonds is 3. The fourth-order valence-corrected chi connectivity index (χ4v) is 2.25. The van der Waals surface area contributed by atoms with E-state index in [-0.39, 0.29) is 29.6 Å². The number of hydrogen-bond donors (Lipinski definition) is 1. The van der Waals surface area contributed by atoms with Crippen LogP contribution in [0.3, 0.4) is 0 Å². The van der Waals surface area contributed by atoms with Crippen LogP contribution in [0.1, 0.15) is 47.0 Å². The Morgan fingerprint density at radius 2 is 1.78 bits per heavy atom. The van der Waals surface area contributed by atoms with E-state index in [9.17, 15) is 9.59 Å². The van der Waals surface area contributed by atoms with E-state index < -0.39 is 5.97 Å². The first kappa shape index (κ1) is 15.0. The monoisotopic (exact) mass is 255 g/mol. The topological polar surface area (TPSA) is 57.6 Å². The van der Waals surface area contributed by atoms with Crippen molar-refractivity contribution in [1.29, 1.82) is 0 Å². The van der Waals surface area contributed by atoms with Gasteiger partial charge in [0.15, 0.2) is 0 Å². The zero-order valence-corrected chi connectivity index (χ0v) is 11.9. The molecular weight excluding hydrogens is 230 g/mol. The van der Waals surface area contributed by atoms with Crippen LogP contribution in [0.25, 0.3) is 0 Å². The summed E-state index contributed by atoms with van der Waals surface area (Å²) < 4.78 is 0. The number of carboxylic acid groups (broad SMARTS) is 1. The second-order valence-corrected chi connectivity index (χ2v) is 6.45. The highest BCUT2D eigenvalue weighted by molar-refractivity contribution is 5.79. The van der Waals surface area contributed by atoms with E-state index in [2.05, 4.69) is 20.8 Å². The molecule has 4 nitrogen and oxygen atoms in total. The molecule has 1 amide bonds. The van der Waals surface area contributed by atoms with Gasteiger partial charge >= 0.3 is 5.97 Å². The van der Waals surface area contributed by atoms with Crippen molar-refractivity contribution in [2.24, 2.45) is 17.3 Å². The molecule has 0 aliphatic carbocycles. The molecule has 0 bridgehead atoms. The summed E-state index contributed by atoms with van der Waals surface area (Å²) in [4.78, 5) is 24.8. The number of carboxylic acids is 1. The van der Waals surface area contributed by atoms with Crippen molar-refractivity contribution in [2.75, 3.05) is 13.1 Å². The number of nitrogens with zero attached hydrogens (tertiary/aromatic N) is 1. The van der Waals surface area contributed by atoms with Crippen molar-refractivity contribution < 1.29 is 14.7 Å². The summed E-state index contributed by atoms with van der Waals surface area (Å²) in [6, 6.07) is 0. The molecule has 1 unspecified atom stereocenters. The molecule has 4 heteroatoms. The van der Waals surface area contributed by atoms with Crippen LogP contribution in [-0.2, 0) is 9.59 Å². The lowest BCUT2D eigenvalue weighted by Gasteiger charge is -2.36. The first-order chi connectivity index (χ1) is 8.21. The van der Waals surface area contributed by atoms with E-state index in [1.165, 1.54) is 0 Å². The first-order valence-corrected chi connectivity index (χ1v) is 6.72. The molecule has 18 heavy (non-hydrogen) atoms. The highest BCUT2D eigenvalue weighted by atomic mass is 16.4. The van der Waals surface area contributed by atoms with E-state index in [1.807, 2.05) is 11.8 Å². The van der Waals surface area contributed by atoms with Gasteiger partial charge in [0.05, 0.1) is 0 Å². The number of likely N-dealkylation sites (tertiary alicyclic amines) is 1. The average Bonchev–Trinajstić information content (AvgIpc) is 2.26. The summed E-state index contributed by atoms with van der Waals surface area (Å²) in [7, 11) is 0. The lowest BCUT2D eigenvalue weighted by atomic mass is 9.80. The number of aliphatic carboxylic acids is 1. The molecule has 1 saturated heterocycles. The van der Waals surface area contributed by atoms with Crippen molar-refractivity contribution in [2.45, 2.75) is 47.0 Å². The Labute approximate surface area is 109 Å². The van der Waals surface area contributed by atoms with E-state index in [1.54, 1.807) is 0 Å². The largest absolute Gasteiger partial charge is 0.481 e. The first-order valence-electron chi connectivity index (χ1n) is 6.72. The molecule has 0 aromatic rings. The van der Waals surface area contributed by atoms with Crippen molar-refractivity contribution >= 4 is 11.9 Å². The van der Waals surface area contributed by atoms with Gasteiger partial charge in [0.1, 0.15) is 0 Å². The van der Waals surface area contributed by atoms with Crippen molar-refractivity contribution in [1.82, 2.24) is 4.90 Å². The maximum absolute atomic E-state index is 12.3. The summed E-state index contributed by atoms with van der Waals surface area (Å²) in [6.45, 7) is 9.62. The van der Waals surface area contributed by atoms with Crippen LogP contribution in [0, 0.1) is 17.3 Å². The Morgan fingerprint density at radius 3 is 2.17 bits per heavy atom. The van der Waals surface area contributed by atoms with Crippen LogP contribution >= 0.6 is 0 Å². The van der Waals surface area contributed by atoms with Crippen molar-refractivity contribution in [3.8, 4) is 0 Å². The summed E-state index contributed by atoms with van der Waals surface area (Å²) >= 11 is 0. The summed E-state index contributed by atoms with van der Waals surface area (Å²) in [5.74, 6) is -0.288. The van der Waals surface area contributed by atoms with Gasteiger partial charge in [0, 0.05) is 25.4 Å². The Balaban J connectivity index is 2.48. The predicted octanol–water partition coefficient (Wildman–Crippen LogP) is 2.38. The summed E-state index contributed by atoms with van der Waals surface area (Å²) in [5, 5.41) is 8.76. The third-order valence-electron chi connectivity index (χ3n) is 4.06. The number of amides is 1. The Bertz CT molecular complexity index is 311. The zero-order chi connectivity index (χ0) is 13.9. The minimum atomic E-state index is -0.733. The molecule has 0 aromatic heterocycles. The van der Waals surface area contributed by atoms with Crippen LogP contribution in [-0.4, -0.2) is 35.0 Å². The quantitative estimate of drug-likeness (QED) is 0.842. The van der Waals surface area contributed by atoms with Crippen molar-refractivity contribution in [3.05, 3.63) is 0 Å². The minimum Gasteiger partial charge on any atom is -0.481 e. The summed E-state index contributed by atoms with van der Waals surface area (Å²) in [5.41, 5.74) is -0.0189. The Morgan fingerprint density at radius 1 is 1.28 bits per heavy atom. The van der Waals surface area contributed by atoms with Crippen LogP contribution in [0.15, 0.2) is 0 Å². The van der Waals surface area contributed by atoms with Crippen LogP contribution in [0.2, 0.25) is 0 Å². The molecule has 0 radical (unpaired) electrons. The maximum atomic E-state index is 12.3. The van der Waals surface area contributed by atoms with Crippen LogP contribution < -0.4 is 0 Å². The van der Waals surface area contributed by atoms with Crippen molar-refractivity contribution in [3.63, 3.8) is 0 Å². The minimum absolute atomic E-state index is 0.00789. The number of piperidine rings is 1. The SMILES string of the molecule is CC(C(=O)N1CCC(CC(=O)O)CC1)C(C)(C)C. The summed E-state index contributed by atoms with van der Waals surface area (Å²) in [6.07, 6.45) is 1.86. The maximum Gasteiger partial charge on any atom is 0.303 e. The molecular formula is C14H25NO3. The number of carbonyl (C=O) groups excluding carboxylic acids is 1. The molecule has 1 fully saturated rings. The molecule has 0 saturated carbocycles. The van der Waals surface area contributed by atoms with E-state index >= 15 is 0 Å². The van der Waals surface area contributed by atoms with E-state index in [0.29, 0.717) is 13.1 Å². The zero-order valence-electron chi connectivity index (χ0n) is 11.9. The molecule has 0 aromatic carbocycles. The molecule has 1 aliphatic heterocycles. The fourth-order valence-electron chi connectivity index (χ4n) is 2.25. The van der Waals surface area contributed by atoms with Gasteiger partial charge in [0.2, 0.25) is 5.91 Å².